The molecule has 2 heterocycles. The van der Waals surface area contributed by atoms with Gasteiger partial charge >= 0.3 is 6.09 Å². The molecule has 1 aromatic carbocycles. The number of aromatic nitrogens is 2. The van der Waals surface area contributed by atoms with Crippen LogP contribution in [-0.2, 0) is 28.9 Å². The van der Waals surface area contributed by atoms with Gasteiger partial charge in [0, 0.05) is 32.0 Å². The number of rotatable bonds is 7. The molecule has 1 saturated heterocycles. The minimum Gasteiger partial charge on any atom is -0.444 e. The summed E-state index contributed by atoms with van der Waals surface area (Å²) in [6.07, 6.45) is 6.38. The van der Waals surface area contributed by atoms with Crippen LogP contribution in [0, 0.1) is 0 Å². The van der Waals surface area contributed by atoms with Crippen molar-refractivity contribution in [2.24, 2.45) is 0 Å². The Morgan fingerprint density at radius 1 is 1.10 bits per heavy atom. The molecule has 0 aliphatic carbocycles. The van der Waals surface area contributed by atoms with Crippen molar-refractivity contribution in [1.29, 1.82) is 0 Å². The molecule has 30 heavy (non-hydrogen) atoms. The van der Waals surface area contributed by atoms with Crippen molar-refractivity contribution in [2.45, 2.75) is 52.2 Å². The van der Waals surface area contributed by atoms with Gasteiger partial charge in [0.25, 0.3) is 0 Å². The first-order valence-corrected chi connectivity index (χ1v) is 10.6. The van der Waals surface area contributed by atoms with E-state index >= 15 is 0 Å². The molecule has 0 radical (unpaired) electrons. The summed E-state index contributed by atoms with van der Waals surface area (Å²) in [5.74, 6) is 0.784. The molecule has 7 heteroatoms. The van der Waals surface area contributed by atoms with Gasteiger partial charge in [0.05, 0.1) is 13.2 Å². The number of nitrogens with zero attached hydrogens (tertiary/aromatic N) is 3. The molecule has 0 unspecified atom stereocenters. The molecule has 1 fully saturated rings. The molecule has 0 bridgehead atoms. The second-order valence-corrected chi connectivity index (χ2v) is 8.52. The fourth-order valence-electron chi connectivity index (χ4n) is 3.28. The van der Waals surface area contributed by atoms with Crippen molar-refractivity contribution in [1.82, 2.24) is 15.3 Å². The molecule has 0 saturated carbocycles. The minimum atomic E-state index is -0.490. The van der Waals surface area contributed by atoms with E-state index in [-0.39, 0.29) is 0 Å². The molecule has 1 aliphatic heterocycles. The zero-order chi connectivity index (χ0) is 21.4. The lowest BCUT2D eigenvalue weighted by Gasteiger charge is -2.26. The lowest BCUT2D eigenvalue weighted by molar-refractivity contribution is 0.0523. The van der Waals surface area contributed by atoms with E-state index in [1.54, 1.807) is 0 Å². The number of ether oxygens (including phenoxy) is 2. The van der Waals surface area contributed by atoms with Crippen molar-refractivity contribution < 1.29 is 14.3 Å². The molecular formula is C23H32N4O3. The highest BCUT2D eigenvalue weighted by atomic mass is 16.6. The van der Waals surface area contributed by atoms with Gasteiger partial charge in [0.2, 0.25) is 5.95 Å². The first-order chi connectivity index (χ1) is 14.4. The van der Waals surface area contributed by atoms with Crippen LogP contribution in [0.3, 0.4) is 0 Å². The number of benzene rings is 1. The third-order valence-electron chi connectivity index (χ3n) is 4.74. The maximum atomic E-state index is 11.8. The van der Waals surface area contributed by atoms with Crippen LogP contribution in [0.5, 0.6) is 0 Å². The summed E-state index contributed by atoms with van der Waals surface area (Å²) < 4.78 is 10.6. The van der Waals surface area contributed by atoms with Gasteiger partial charge in [-0.3, -0.25) is 0 Å². The number of nitrogens with one attached hydrogen (secondary N) is 1. The van der Waals surface area contributed by atoms with Crippen LogP contribution >= 0.6 is 0 Å². The van der Waals surface area contributed by atoms with Gasteiger partial charge in [-0.2, -0.15) is 0 Å². The Morgan fingerprint density at radius 2 is 1.77 bits per heavy atom. The lowest BCUT2D eigenvalue weighted by Crippen LogP contribution is -2.37. The molecule has 0 spiro atoms. The summed E-state index contributed by atoms with van der Waals surface area (Å²) in [4.78, 5) is 23.0. The summed E-state index contributed by atoms with van der Waals surface area (Å²) >= 11 is 0. The SMILES string of the molecule is CC(C)(C)OC(=O)NCc1cccc(CCCc2cnc(N3CCOCC3)nc2)c1. The van der Waals surface area contributed by atoms with Gasteiger partial charge in [-0.15, -0.1) is 0 Å². The van der Waals surface area contributed by atoms with E-state index in [4.69, 9.17) is 9.47 Å². The molecular weight excluding hydrogens is 380 g/mol. The molecule has 3 rings (SSSR count). The van der Waals surface area contributed by atoms with Gasteiger partial charge in [-0.25, -0.2) is 14.8 Å². The third-order valence-corrected chi connectivity index (χ3v) is 4.74. The number of hydrogen-bond donors (Lipinski definition) is 1. The van der Waals surface area contributed by atoms with Crippen LogP contribution in [0.1, 0.15) is 43.9 Å². The molecule has 0 atom stereocenters. The number of amides is 1. The molecule has 1 N–H and O–H groups in total. The molecule has 1 aliphatic rings. The number of aryl methyl sites for hydroxylation is 2. The topological polar surface area (TPSA) is 76.6 Å². The fourth-order valence-corrected chi connectivity index (χ4v) is 3.28. The monoisotopic (exact) mass is 412 g/mol. The van der Waals surface area contributed by atoms with E-state index in [2.05, 4.69) is 32.3 Å². The van der Waals surface area contributed by atoms with E-state index in [1.165, 1.54) is 5.56 Å². The molecule has 2 aromatic rings. The van der Waals surface area contributed by atoms with Crippen LogP contribution in [0.2, 0.25) is 0 Å². The summed E-state index contributed by atoms with van der Waals surface area (Å²) in [5, 5.41) is 2.81. The Labute approximate surface area is 178 Å². The van der Waals surface area contributed by atoms with E-state index in [0.717, 1.165) is 62.6 Å². The molecule has 1 amide bonds. The smallest absolute Gasteiger partial charge is 0.407 e. The Morgan fingerprint density at radius 3 is 2.47 bits per heavy atom. The number of alkyl carbamates (subject to hydrolysis) is 1. The third kappa shape index (κ3) is 7.30. The first kappa shape index (κ1) is 22.0. The number of carbonyl (C=O) groups is 1. The van der Waals surface area contributed by atoms with Crippen LogP contribution < -0.4 is 10.2 Å². The largest absolute Gasteiger partial charge is 0.444 e. The lowest BCUT2D eigenvalue weighted by atomic mass is 10.0. The van der Waals surface area contributed by atoms with E-state index in [0.29, 0.717) is 6.54 Å². The second-order valence-electron chi connectivity index (χ2n) is 8.52. The average molecular weight is 413 g/mol. The second kappa shape index (κ2) is 10.4. The van der Waals surface area contributed by atoms with Crippen molar-refractivity contribution in [3.63, 3.8) is 0 Å². The number of carbonyl (C=O) groups excluding carboxylic acids is 1. The van der Waals surface area contributed by atoms with Gasteiger partial charge in [-0.05, 0) is 56.7 Å². The van der Waals surface area contributed by atoms with Gasteiger partial charge in [-0.1, -0.05) is 24.3 Å². The van der Waals surface area contributed by atoms with Crippen LogP contribution in [0.15, 0.2) is 36.7 Å². The Bertz CT molecular complexity index is 812. The number of hydrogen-bond acceptors (Lipinski definition) is 6. The van der Waals surface area contributed by atoms with Crippen molar-refractivity contribution in [2.75, 3.05) is 31.2 Å². The van der Waals surface area contributed by atoms with Crippen molar-refractivity contribution in [3.05, 3.63) is 53.3 Å². The number of morpholine rings is 1. The molecule has 7 nitrogen and oxygen atoms in total. The van der Waals surface area contributed by atoms with E-state index in [9.17, 15) is 4.79 Å². The average Bonchev–Trinajstić information content (AvgIpc) is 2.73. The highest BCUT2D eigenvalue weighted by Gasteiger charge is 2.16. The van der Waals surface area contributed by atoms with Crippen molar-refractivity contribution >= 4 is 12.0 Å². The van der Waals surface area contributed by atoms with Crippen LogP contribution in [-0.4, -0.2) is 48.0 Å². The first-order valence-electron chi connectivity index (χ1n) is 10.6. The maximum Gasteiger partial charge on any atom is 0.407 e. The Kier molecular flexibility index (Phi) is 7.63. The van der Waals surface area contributed by atoms with Crippen LogP contribution in [0.25, 0.3) is 0 Å². The highest BCUT2D eigenvalue weighted by molar-refractivity contribution is 5.67. The summed E-state index contributed by atoms with van der Waals surface area (Å²) in [6.45, 7) is 9.18. The molecule has 162 valence electrons. The van der Waals surface area contributed by atoms with Gasteiger partial charge < -0.3 is 19.7 Å². The zero-order valence-electron chi connectivity index (χ0n) is 18.2. The normalized spacial score (nSPS) is 14.4. The zero-order valence-corrected chi connectivity index (χ0v) is 18.2. The Hall–Kier alpha value is -2.67. The summed E-state index contributed by atoms with van der Waals surface area (Å²) in [7, 11) is 0. The quantitative estimate of drug-likeness (QED) is 0.750. The number of anilines is 1. The predicted molar refractivity (Wildman–Crippen MR) is 117 cm³/mol. The van der Waals surface area contributed by atoms with Crippen LogP contribution in [0.4, 0.5) is 10.7 Å². The fraction of sp³-hybridized carbons (Fsp3) is 0.522. The van der Waals surface area contributed by atoms with E-state index < -0.39 is 11.7 Å². The van der Waals surface area contributed by atoms with Crippen molar-refractivity contribution in [3.8, 4) is 0 Å². The minimum absolute atomic E-state index is 0.395. The summed E-state index contributed by atoms with van der Waals surface area (Å²) in [5.41, 5.74) is 2.98. The highest BCUT2D eigenvalue weighted by Crippen LogP contribution is 2.13. The Balaban J connectivity index is 1.43. The van der Waals surface area contributed by atoms with Gasteiger partial charge in [0.1, 0.15) is 5.60 Å². The molecule has 1 aromatic heterocycles. The van der Waals surface area contributed by atoms with Gasteiger partial charge in [0.15, 0.2) is 0 Å². The summed E-state index contributed by atoms with van der Waals surface area (Å²) in [6, 6.07) is 8.30. The standard InChI is InChI=1S/C23H32N4O3/c1-23(2,3)30-22(28)26-15-19-8-4-6-18(14-19)7-5-9-20-16-24-21(25-17-20)27-10-12-29-13-11-27/h4,6,8,14,16-17H,5,7,9-13,15H2,1-3H3,(H,26,28). The predicted octanol–water partition coefficient (Wildman–Crippen LogP) is 3.51. The maximum absolute atomic E-state index is 11.8. The van der Waals surface area contributed by atoms with E-state index in [1.807, 2.05) is 45.3 Å².